The van der Waals surface area contributed by atoms with Crippen LogP contribution in [-0.2, 0) is 0 Å². The van der Waals surface area contributed by atoms with Gasteiger partial charge in [0.25, 0.3) is 0 Å². The number of benzene rings is 6. The Morgan fingerprint density at radius 1 is 0.486 bits per heavy atom. The summed E-state index contributed by atoms with van der Waals surface area (Å²) in [7, 11) is 0. The standard InChI is InChI=1S/C35H24N2/c1-2-9-25(10-3-1)37-33-16-7-6-15-32(33)36-35(37)24-19-17-23(18-20-24)26-21-22-31-28-12-5-4-11-27(28)30-14-8-13-29(26)34(30)31/h1-22,35-36H. The van der Waals surface area contributed by atoms with E-state index in [0.717, 1.165) is 5.69 Å². The third kappa shape index (κ3) is 2.99. The second kappa shape index (κ2) is 7.84. The molecule has 8 rings (SSSR count). The van der Waals surface area contributed by atoms with E-state index < -0.39 is 0 Å². The van der Waals surface area contributed by atoms with Crippen molar-refractivity contribution in [3.05, 3.63) is 139 Å². The van der Waals surface area contributed by atoms with Gasteiger partial charge in [0.05, 0.1) is 11.4 Å². The van der Waals surface area contributed by atoms with E-state index in [-0.39, 0.29) is 6.17 Å². The average molecular weight is 473 g/mol. The van der Waals surface area contributed by atoms with Gasteiger partial charge < -0.3 is 10.2 Å². The smallest absolute Gasteiger partial charge is 0.130 e. The van der Waals surface area contributed by atoms with Crippen molar-refractivity contribution in [1.82, 2.24) is 0 Å². The van der Waals surface area contributed by atoms with Crippen molar-refractivity contribution < 1.29 is 0 Å². The Bertz CT molecular complexity index is 1770. The molecule has 1 aliphatic carbocycles. The molecule has 1 N–H and O–H groups in total. The minimum atomic E-state index is 0.0381. The van der Waals surface area contributed by atoms with Gasteiger partial charge in [-0.1, -0.05) is 109 Å². The van der Waals surface area contributed by atoms with E-state index in [1.165, 1.54) is 61.1 Å². The lowest BCUT2D eigenvalue weighted by Gasteiger charge is -2.27. The highest BCUT2D eigenvalue weighted by Crippen LogP contribution is 2.49. The zero-order chi connectivity index (χ0) is 24.3. The van der Waals surface area contributed by atoms with Crippen molar-refractivity contribution >= 4 is 27.8 Å². The first-order valence-electron chi connectivity index (χ1n) is 12.8. The molecule has 0 saturated heterocycles. The van der Waals surface area contributed by atoms with Crippen molar-refractivity contribution in [2.45, 2.75) is 6.17 Å². The van der Waals surface area contributed by atoms with Crippen LogP contribution in [0.4, 0.5) is 17.1 Å². The van der Waals surface area contributed by atoms with Crippen LogP contribution < -0.4 is 10.2 Å². The molecular formula is C35H24N2. The molecular weight excluding hydrogens is 448 g/mol. The number of fused-ring (bicyclic) bond motifs is 4. The van der Waals surface area contributed by atoms with E-state index in [9.17, 15) is 0 Å². The number of hydrogen-bond donors (Lipinski definition) is 1. The maximum atomic E-state index is 3.75. The molecule has 0 aromatic heterocycles. The van der Waals surface area contributed by atoms with Gasteiger partial charge in [-0.25, -0.2) is 0 Å². The van der Waals surface area contributed by atoms with Gasteiger partial charge in [-0.3, -0.25) is 0 Å². The van der Waals surface area contributed by atoms with Gasteiger partial charge in [0.2, 0.25) is 0 Å². The summed E-state index contributed by atoms with van der Waals surface area (Å²) in [5.41, 5.74) is 12.7. The molecule has 6 aromatic rings. The SMILES string of the molecule is c1ccc(N2c3ccccc3NC2c2ccc(-c3ccc4c5c(cccc35)-c3ccccc3-4)cc2)cc1. The monoisotopic (exact) mass is 472 g/mol. The third-order valence-corrected chi connectivity index (χ3v) is 7.83. The van der Waals surface area contributed by atoms with Crippen molar-refractivity contribution in [1.29, 1.82) is 0 Å². The third-order valence-electron chi connectivity index (χ3n) is 7.83. The highest BCUT2D eigenvalue weighted by atomic mass is 15.3. The van der Waals surface area contributed by atoms with Crippen molar-refractivity contribution in [2.24, 2.45) is 0 Å². The predicted octanol–water partition coefficient (Wildman–Crippen LogP) is 9.42. The van der Waals surface area contributed by atoms with Crippen molar-refractivity contribution in [3.8, 4) is 33.4 Å². The molecule has 1 heterocycles. The molecule has 0 spiro atoms. The molecule has 0 radical (unpaired) electrons. The molecule has 0 amide bonds. The first-order chi connectivity index (χ1) is 18.4. The first-order valence-corrected chi connectivity index (χ1v) is 12.8. The van der Waals surface area contributed by atoms with E-state index in [4.69, 9.17) is 0 Å². The zero-order valence-corrected chi connectivity index (χ0v) is 20.2. The van der Waals surface area contributed by atoms with Gasteiger partial charge in [0.1, 0.15) is 6.17 Å². The summed E-state index contributed by atoms with van der Waals surface area (Å²) >= 11 is 0. The molecule has 174 valence electrons. The summed E-state index contributed by atoms with van der Waals surface area (Å²) in [5, 5.41) is 6.43. The number of para-hydroxylation sites is 3. The molecule has 1 unspecified atom stereocenters. The minimum absolute atomic E-state index is 0.0381. The quantitative estimate of drug-likeness (QED) is 0.275. The number of anilines is 3. The van der Waals surface area contributed by atoms with E-state index in [2.05, 4.69) is 144 Å². The van der Waals surface area contributed by atoms with Crippen molar-refractivity contribution in [3.63, 3.8) is 0 Å². The normalized spacial score (nSPS) is 14.9. The van der Waals surface area contributed by atoms with Crippen LogP contribution in [0.25, 0.3) is 44.2 Å². The Labute approximate surface area is 216 Å². The lowest BCUT2D eigenvalue weighted by molar-refractivity contribution is 0.828. The van der Waals surface area contributed by atoms with Crippen LogP contribution in [0.3, 0.4) is 0 Å². The molecule has 37 heavy (non-hydrogen) atoms. The molecule has 2 aliphatic rings. The highest BCUT2D eigenvalue weighted by molar-refractivity contribution is 6.18. The Balaban J connectivity index is 1.21. The first kappa shape index (κ1) is 20.4. The summed E-state index contributed by atoms with van der Waals surface area (Å²) in [5.74, 6) is 0. The highest BCUT2D eigenvalue weighted by Gasteiger charge is 2.31. The molecule has 6 aromatic carbocycles. The van der Waals surface area contributed by atoms with Crippen LogP contribution in [-0.4, -0.2) is 0 Å². The fourth-order valence-electron chi connectivity index (χ4n) is 6.17. The Morgan fingerprint density at radius 3 is 1.95 bits per heavy atom. The molecule has 0 fully saturated rings. The summed E-state index contributed by atoms with van der Waals surface area (Å²) in [6, 6.07) is 48.3. The van der Waals surface area contributed by atoms with Crippen LogP contribution in [0.2, 0.25) is 0 Å². The van der Waals surface area contributed by atoms with Gasteiger partial charge in [-0.15, -0.1) is 0 Å². The zero-order valence-electron chi connectivity index (χ0n) is 20.2. The van der Waals surface area contributed by atoms with E-state index >= 15 is 0 Å². The van der Waals surface area contributed by atoms with Crippen LogP contribution in [0.5, 0.6) is 0 Å². The van der Waals surface area contributed by atoms with Gasteiger partial charge in [-0.05, 0) is 74.0 Å². The Hall–Kier alpha value is -4.82. The number of nitrogens with one attached hydrogen (secondary N) is 1. The number of rotatable bonds is 3. The lowest BCUT2D eigenvalue weighted by atomic mass is 9.93. The molecule has 2 nitrogen and oxygen atoms in total. The van der Waals surface area contributed by atoms with Crippen LogP contribution in [0.15, 0.2) is 133 Å². The molecule has 1 aliphatic heterocycles. The van der Waals surface area contributed by atoms with Gasteiger partial charge in [-0.2, -0.15) is 0 Å². The molecule has 2 heteroatoms. The fourth-order valence-corrected chi connectivity index (χ4v) is 6.17. The Kier molecular flexibility index (Phi) is 4.32. The van der Waals surface area contributed by atoms with Crippen LogP contribution in [0, 0.1) is 0 Å². The van der Waals surface area contributed by atoms with E-state index in [1.807, 2.05) is 0 Å². The molecule has 0 bridgehead atoms. The predicted molar refractivity (Wildman–Crippen MR) is 155 cm³/mol. The van der Waals surface area contributed by atoms with Gasteiger partial charge in [0.15, 0.2) is 0 Å². The summed E-state index contributed by atoms with van der Waals surface area (Å²) in [4.78, 5) is 2.39. The largest absolute Gasteiger partial charge is 0.359 e. The van der Waals surface area contributed by atoms with Crippen molar-refractivity contribution in [2.75, 3.05) is 10.2 Å². The molecule has 0 saturated carbocycles. The van der Waals surface area contributed by atoms with Gasteiger partial charge >= 0.3 is 0 Å². The maximum absolute atomic E-state index is 3.75. The van der Waals surface area contributed by atoms with Crippen LogP contribution in [0.1, 0.15) is 11.7 Å². The van der Waals surface area contributed by atoms with E-state index in [0.29, 0.717) is 0 Å². The molecule has 1 atom stereocenters. The minimum Gasteiger partial charge on any atom is -0.359 e. The average Bonchev–Trinajstić information content (AvgIpc) is 3.52. The number of nitrogens with zero attached hydrogens (tertiary/aromatic N) is 1. The summed E-state index contributed by atoms with van der Waals surface area (Å²) in [6.45, 7) is 0. The number of hydrogen-bond acceptors (Lipinski definition) is 2. The second-order valence-electron chi connectivity index (χ2n) is 9.83. The Morgan fingerprint density at radius 2 is 1.14 bits per heavy atom. The van der Waals surface area contributed by atoms with E-state index in [1.54, 1.807) is 0 Å². The maximum Gasteiger partial charge on any atom is 0.130 e. The topological polar surface area (TPSA) is 15.3 Å². The van der Waals surface area contributed by atoms with Gasteiger partial charge in [0, 0.05) is 5.69 Å². The lowest BCUT2D eigenvalue weighted by Crippen LogP contribution is -2.23. The fraction of sp³-hybridized carbons (Fsp3) is 0.0286. The summed E-state index contributed by atoms with van der Waals surface area (Å²) in [6.07, 6.45) is 0.0381. The van der Waals surface area contributed by atoms with Crippen LogP contribution >= 0.6 is 0 Å². The second-order valence-corrected chi connectivity index (χ2v) is 9.83. The summed E-state index contributed by atoms with van der Waals surface area (Å²) < 4.78 is 0.